The zero-order valence-electron chi connectivity index (χ0n) is 18.5. The molecule has 2 N–H and O–H groups in total. The van der Waals surface area contributed by atoms with Gasteiger partial charge in [0.25, 0.3) is 0 Å². The molecule has 0 fully saturated rings. The summed E-state index contributed by atoms with van der Waals surface area (Å²) in [5, 5.41) is 7.86. The summed E-state index contributed by atoms with van der Waals surface area (Å²) in [5.41, 5.74) is 5.68. The van der Waals surface area contributed by atoms with Crippen LogP contribution in [0.15, 0.2) is 78.0 Å². The van der Waals surface area contributed by atoms with Gasteiger partial charge in [-0.05, 0) is 59.9 Å². The molecule has 3 aromatic carbocycles. The monoisotopic (exact) mass is 460 g/mol. The van der Waals surface area contributed by atoms with Gasteiger partial charge in [-0.1, -0.05) is 41.9 Å². The molecule has 0 saturated heterocycles. The van der Waals surface area contributed by atoms with Crippen molar-refractivity contribution in [2.24, 2.45) is 0 Å². The van der Waals surface area contributed by atoms with Gasteiger partial charge in [0.15, 0.2) is 17.3 Å². The zero-order chi connectivity index (χ0) is 22.9. The van der Waals surface area contributed by atoms with Crippen molar-refractivity contribution in [1.29, 1.82) is 0 Å². The molecule has 33 heavy (non-hydrogen) atoms. The van der Waals surface area contributed by atoms with Crippen LogP contribution >= 0.6 is 11.6 Å². The van der Waals surface area contributed by atoms with E-state index in [9.17, 15) is 4.79 Å². The van der Waals surface area contributed by atoms with Gasteiger partial charge in [-0.15, -0.1) is 0 Å². The van der Waals surface area contributed by atoms with Crippen LogP contribution < -0.4 is 20.1 Å². The number of para-hydroxylation sites is 2. The number of hydrogen-bond donors (Lipinski definition) is 2. The Kier molecular flexibility index (Phi) is 5.73. The molecule has 5 rings (SSSR count). The Hall–Kier alpha value is -3.44. The lowest BCUT2D eigenvalue weighted by Gasteiger charge is -2.30. The molecule has 2 atom stereocenters. The van der Waals surface area contributed by atoms with Crippen molar-refractivity contribution in [3.8, 4) is 11.5 Å². The van der Waals surface area contributed by atoms with E-state index >= 15 is 0 Å². The fourth-order valence-electron chi connectivity index (χ4n) is 4.75. The summed E-state index contributed by atoms with van der Waals surface area (Å²) < 4.78 is 10.9. The Bertz CT molecular complexity index is 1240. The minimum absolute atomic E-state index is 0.0948. The molecule has 3 aromatic rings. The zero-order valence-corrected chi connectivity index (χ0v) is 19.3. The maximum absolute atomic E-state index is 13.6. The number of nitrogens with one attached hydrogen (secondary N) is 2. The van der Waals surface area contributed by atoms with Crippen molar-refractivity contribution in [2.45, 2.75) is 24.8 Å². The van der Waals surface area contributed by atoms with E-state index in [1.807, 2.05) is 66.7 Å². The number of anilines is 2. The molecule has 0 bridgehead atoms. The first-order chi connectivity index (χ1) is 16.1. The highest BCUT2D eigenvalue weighted by Crippen LogP contribution is 2.45. The molecular weight excluding hydrogens is 436 g/mol. The van der Waals surface area contributed by atoms with Crippen molar-refractivity contribution >= 4 is 28.8 Å². The van der Waals surface area contributed by atoms with Gasteiger partial charge in [-0.2, -0.15) is 0 Å². The summed E-state index contributed by atoms with van der Waals surface area (Å²) in [4.78, 5) is 13.6. The average molecular weight is 461 g/mol. The SMILES string of the molecule is COc1ccc([C@@H]2Nc3ccccc3NC3=C2C(=O)C[C@H](c2ccc(Cl)cc2)C3)cc1OC. The minimum atomic E-state index is -0.311. The molecule has 0 spiro atoms. The van der Waals surface area contributed by atoms with Crippen molar-refractivity contribution in [3.63, 3.8) is 0 Å². The van der Waals surface area contributed by atoms with Crippen LogP contribution in [0, 0.1) is 0 Å². The third-order valence-electron chi connectivity index (χ3n) is 6.39. The summed E-state index contributed by atoms with van der Waals surface area (Å²) in [7, 11) is 3.23. The molecule has 168 valence electrons. The molecule has 0 radical (unpaired) electrons. The molecule has 1 aliphatic carbocycles. The van der Waals surface area contributed by atoms with Gasteiger partial charge >= 0.3 is 0 Å². The summed E-state index contributed by atoms with van der Waals surface area (Å²) in [5.74, 6) is 1.51. The third-order valence-corrected chi connectivity index (χ3v) is 6.64. The van der Waals surface area contributed by atoms with Crippen LogP contribution in [0.5, 0.6) is 11.5 Å². The van der Waals surface area contributed by atoms with Crippen LogP contribution in [-0.2, 0) is 4.79 Å². The van der Waals surface area contributed by atoms with Crippen LogP contribution in [0.25, 0.3) is 0 Å². The first kappa shape index (κ1) is 21.4. The van der Waals surface area contributed by atoms with E-state index in [4.69, 9.17) is 21.1 Å². The Morgan fingerprint density at radius 3 is 2.27 bits per heavy atom. The van der Waals surface area contributed by atoms with E-state index in [0.717, 1.165) is 40.2 Å². The molecule has 1 aliphatic heterocycles. The molecule has 2 aliphatic rings. The molecule has 1 heterocycles. The van der Waals surface area contributed by atoms with Crippen LogP contribution in [-0.4, -0.2) is 20.0 Å². The number of fused-ring (bicyclic) bond motifs is 1. The second kappa shape index (κ2) is 8.83. The van der Waals surface area contributed by atoms with Gasteiger partial charge in [0.2, 0.25) is 0 Å². The first-order valence-corrected chi connectivity index (χ1v) is 11.3. The largest absolute Gasteiger partial charge is 0.493 e. The number of Topliss-reactive ketones (excluding diaryl/α,β-unsaturated/α-hetero) is 1. The number of carbonyl (C=O) groups excluding carboxylic acids is 1. The summed E-state index contributed by atoms with van der Waals surface area (Å²) in [6, 6.07) is 21.3. The number of methoxy groups -OCH3 is 2. The minimum Gasteiger partial charge on any atom is -0.493 e. The highest BCUT2D eigenvalue weighted by molar-refractivity contribution is 6.30. The number of ether oxygens (including phenoxy) is 2. The summed E-state index contributed by atoms with van der Waals surface area (Å²) in [6.45, 7) is 0. The van der Waals surface area contributed by atoms with Gasteiger partial charge in [0, 0.05) is 22.7 Å². The van der Waals surface area contributed by atoms with E-state index in [-0.39, 0.29) is 17.7 Å². The molecule has 0 unspecified atom stereocenters. The molecule has 6 heteroatoms. The van der Waals surface area contributed by atoms with E-state index in [2.05, 4.69) is 10.6 Å². The van der Waals surface area contributed by atoms with E-state index < -0.39 is 0 Å². The number of benzene rings is 3. The summed E-state index contributed by atoms with van der Waals surface area (Å²) in [6.07, 6.45) is 1.19. The van der Waals surface area contributed by atoms with Gasteiger partial charge < -0.3 is 20.1 Å². The average Bonchev–Trinajstić information content (AvgIpc) is 3.01. The van der Waals surface area contributed by atoms with E-state index in [0.29, 0.717) is 22.9 Å². The maximum Gasteiger partial charge on any atom is 0.163 e. The number of rotatable bonds is 4. The van der Waals surface area contributed by atoms with Crippen molar-refractivity contribution < 1.29 is 14.3 Å². The number of hydrogen-bond acceptors (Lipinski definition) is 5. The van der Waals surface area contributed by atoms with Gasteiger partial charge in [-0.25, -0.2) is 0 Å². The number of halogens is 1. The van der Waals surface area contributed by atoms with Crippen LogP contribution in [0.4, 0.5) is 11.4 Å². The van der Waals surface area contributed by atoms with Crippen molar-refractivity contribution in [1.82, 2.24) is 0 Å². The van der Waals surface area contributed by atoms with E-state index in [1.165, 1.54) is 0 Å². The maximum atomic E-state index is 13.6. The smallest absolute Gasteiger partial charge is 0.163 e. The fraction of sp³-hybridized carbons (Fsp3) is 0.222. The lowest BCUT2D eigenvalue weighted by molar-refractivity contribution is -0.116. The van der Waals surface area contributed by atoms with E-state index in [1.54, 1.807) is 14.2 Å². The number of ketones is 1. The fourth-order valence-corrected chi connectivity index (χ4v) is 4.87. The highest BCUT2D eigenvalue weighted by atomic mass is 35.5. The Morgan fingerprint density at radius 2 is 1.55 bits per heavy atom. The predicted octanol–water partition coefficient (Wildman–Crippen LogP) is 6.34. The number of allylic oxidation sites excluding steroid dienone is 1. The number of carbonyl (C=O) groups is 1. The van der Waals surface area contributed by atoms with Gasteiger partial charge in [0.1, 0.15) is 0 Å². The topological polar surface area (TPSA) is 59.6 Å². The predicted molar refractivity (Wildman–Crippen MR) is 131 cm³/mol. The molecule has 0 saturated carbocycles. The Labute approximate surface area is 198 Å². The highest BCUT2D eigenvalue weighted by Gasteiger charge is 2.36. The molecule has 5 nitrogen and oxygen atoms in total. The van der Waals surface area contributed by atoms with Crippen molar-refractivity contribution in [3.05, 3.63) is 94.1 Å². The van der Waals surface area contributed by atoms with Crippen molar-refractivity contribution in [2.75, 3.05) is 24.9 Å². The molecule has 0 aromatic heterocycles. The van der Waals surface area contributed by atoms with Crippen LogP contribution in [0.1, 0.15) is 35.9 Å². The summed E-state index contributed by atoms with van der Waals surface area (Å²) >= 11 is 6.08. The quantitative estimate of drug-likeness (QED) is 0.476. The van der Waals surface area contributed by atoms with Crippen LogP contribution in [0.2, 0.25) is 5.02 Å². The Balaban J connectivity index is 1.61. The lowest BCUT2D eigenvalue weighted by atomic mass is 9.78. The molecule has 0 amide bonds. The van der Waals surface area contributed by atoms with Gasteiger partial charge in [0.05, 0.1) is 31.6 Å². The third kappa shape index (κ3) is 4.05. The first-order valence-electron chi connectivity index (χ1n) is 10.9. The van der Waals surface area contributed by atoms with Crippen LogP contribution in [0.3, 0.4) is 0 Å². The Morgan fingerprint density at radius 1 is 0.848 bits per heavy atom. The standard InChI is InChI=1S/C27H25ClN2O3/c1-32-24-12-9-17(15-25(24)33-2)27-26-22(29-20-5-3-4-6-21(20)30-27)13-18(14-23(26)31)16-7-10-19(28)11-8-16/h3-12,15,18,27,29-30H,13-14H2,1-2H3/t18-,27+/m1/s1. The second-order valence-corrected chi connectivity index (χ2v) is 8.77. The second-order valence-electron chi connectivity index (χ2n) is 8.33. The normalized spacial score (nSPS) is 19.5. The molecular formula is C27H25ClN2O3. The lowest BCUT2D eigenvalue weighted by Crippen LogP contribution is -2.26. The van der Waals surface area contributed by atoms with Gasteiger partial charge in [-0.3, -0.25) is 4.79 Å².